The molecule has 1 amide bonds. The number of nitrogens with one attached hydrogen (secondary N) is 1. The van der Waals surface area contributed by atoms with Crippen LogP contribution in [0.15, 0.2) is 30.3 Å². The zero-order valence-corrected chi connectivity index (χ0v) is 11.5. The summed E-state index contributed by atoms with van der Waals surface area (Å²) in [6.07, 6.45) is 4.90. The molecule has 2 unspecified atom stereocenters. The van der Waals surface area contributed by atoms with Crippen molar-refractivity contribution in [3.63, 3.8) is 0 Å². The van der Waals surface area contributed by atoms with Gasteiger partial charge in [-0.05, 0) is 25.8 Å². The van der Waals surface area contributed by atoms with Crippen molar-refractivity contribution in [2.24, 2.45) is 5.84 Å². The van der Waals surface area contributed by atoms with Gasteiger partial charge in [0, 0.05) is 5.56 Å². The van der Waals surface area contributed by atoms with Crippen molar-refractivity contribution in [2.75, 3.05) is 6.61 Å². The minimum Gasteiger partial charge on any atom is -0.490 e. The van der Waals surface area contributed by atoms with Crippen molar-refractivity contribution >= 4 is 12.0 Å². The molecule has 5 nitrogen and oxygen atoms in total. The second kappa shape index (κ2) is 7.07. The summed E-state index contributed by atoms with van der Waals surface area (Å²) >= 11 is 0. The van der Waals surface area contributed by atoms with E-state index in [1.54, 1.807) is 0 Å². The van der Waals surface area contributed by atoms with E-state index in [0.29, 0.717) is 13.0 Å². The van der Waals surface area contributed by atoms with Crippen LogP contribution in [0, 0.1) is 0 Å². The van der Waals surface area contributed by atoms with Crippen LogP contribution in [-0.2, 0) is 9.53 Å². The van der Waals surface area contributed by atoms with Gasteiger partial charge in [0.15, 0.2) is 0 Å². The van der Waals surface area contributed by atoms with Gasteiger partial charge in [-0.15, -0.1) is 0 Å². The molecule has 0 spiro atoms. The first-order valence-electron chi connectivity index (χ1n) is 6.75. The van der Waals surface area contributed by atoms with Gasteiger partial charge in [-0.1, -0.05) is 30.4 Å². The van der Waals surface area contributed by atoms with Crippen LogP contribution >= 0.6 is 0 Å². The summed E-state index contributed by atoms with van der Waals surface area (Å²) in [6.45, 7) is 2.40. The van der Waals surface area contributed by atoms with Gasteiger partial charge in [0.05, 0.1) is 6.10 Å². The average Bonchev–Trinajstić information content (AvgIpc) is 2.95. The van der Waals surface area contributed by atoms with Crippen molar-refractivity contribution in [1.29, 1.82) is 0 Å². The van der Waals surface area contributed by atoms with Gasteiger partial charge in [-0.25, -0.2) is 5.84 Å². The Morgan fingerprint density at radius 2 is 2.30 bits per heavy atom. The molecule has 20 heavy (non-hydrogen) atoms. The van der Waals surface area contributed by atoms with Crippen LogP contribution in [0.2, 0.25) is 0 Å². The highest BCUT2D eigenvalue weighted by Crippen LogP contribution is 2.23. The minimum absolute atomic E-state index is 0.0732. The first kappa shape index (κ1) is 14.6. The van der Waals surface area contributed by atoms with Crippen LogP contribution in [0.25, 0.3) is 6.08 Å². The molecule has 2 atom stereocenters. The lowest BCUT2D eigenvalue weighted by atomic mass is 10.2. The van der Waals surface area contributed by atoms with Crippen LogP contribution in [0.5, 0.6) is 5.75 Å². The Morgan fingerprint density at radius 3 is 3.05 bits per heavy atom. The molecule has 1 aromatic carbocycles. The summed E-state index contributed by atoms with van der Waals surface area (Å²) in [6, 6.07) is 7.82. The molecule has 0 aliphatic carbocycles. The van der Waals surface area contributed by atoms with E-state index >= 15 is 0 Å². The van der Waals surface area contributed by atoms with Gasteiger partial charge in [0.1, 0.15) is 18.5 Å². The lowest BCUT2D eigenvalue weighted by Gasteiger charge is -2.15. The Labute approximate surface area is 118 Å². The van der Waals surface area contributed by atoms with Gasteiger partial charge < -0.3 is 9.47 Å². The van der Waals surface area contributed by atoms with Crippen molar-refractivity contribution in [3.05, 3.63) is 35.9 Å². The van der Waals surface area contributed by atoms with E-state index in [4.69, 9.17) is 15.3 Å². The maximum atomic E-state index is 11.4. The van der Waals surface area contributed by atoms with Crippen molar-refractivity contribution < 1.29 is 14.3 Å². The number of carbonyl (C=O) groups excluding carboxylic acids is 1. The third-order valence-corrected chi connectivity index (χ3v) is 3.23. The number of carbonyl (C=O) groups is 1. The lowest BCUT2D eigenvalue weighted by molar-refractivity contribution is -0.132. The molecule has 0 aromatic heterocycles. The van der Waals surface area contributed by atoms with Gasteiger partial charge in [-0.3, -0.25) is 10.2 Å². The van der Waals surface area contributed by atoms with Crippen molar-refractivity contribution in [1.82, 2.24) is 5.43 Å². The summed E-state index contributed by atoms with van der Waals surface area (Å²) in [5.41, 5.74) is 3.14. The molecule has 2 rings (SSSR count). The smallest absolute Gasteiger partial charge is 0.263 e. The largest absolute Gasteiger partial charge is 0.490 e. The number of allylic oxidation sites excluding steroid dienone is 1. The maximum Gasteiger partial charge on any atom is 0.263 e. The minimum atomic E-state index is -0.459. The molecule has 0 bridgehead atoms. The van der Waals surface area contributed by atoms with Crippen LogP contribution < -0.4 is 16.0 Å². The lowest BCUT2D eigenvalue weighted by Crippen LogP contribution is -2.39. The van der Waals surface area contributed by atoms with Crippen LogP contribution in [0.1, 0.15) is 25.3 Å². The summed E-state index contributed by atoms with van der Waals surface area (Å²) in [7, 11) is 0. The summed E-state index contributed by atoms with van der Waals surface area (Å²) in [5, 5.41) is 0. The molecule has 1 saturated heterocycles. The van der Waals surface area contributed by atoms with E-state index in [2.05, 4.69) is 5.43 Å². The van der Waals surface area contributed by atoms with Gasteiger partial charge in [0.25, 0.3) is 5.91 Å². The van der Waals surface area contributed by atoms with E-state index in [1.807, 2.05) is 43.3 Å². The quantitative estimate of drug-likeness (QED) is 0.487. The number of hydrogen-bond donors (Lipinski definition) is 2. The van der Waals surface area contributed by atoms with Gasteiger partial charge >= 0.3 is 0 Å². The highest BCUT2D eigenvalue weighted by Gasteiger charge is 2.30. The second-order valence-electron chi connectivity index (χ2n) is 4.68. The molecule has 1 aromatic rings. The molecule has 1 fully saturated rings. The Bertz CT molecular complexity index is 488. The Balaban J connectivity index is 1.89. The van der Waals surface area contributed by atoms with E-state index in [0.717, 1.165) is 17.7 Å². The fourth-order valence-electron chi connectivity index (χ4n) is 2.23. The molecule has 1 heterocycles. The zero-order chi connectivity index (χ0) is 14.4. The maximum absolute atomic E-state index is 11.4. The first-order valence-corrected chi connectivity index (χ1v) is 6.75. The zero-order valence-electron chi connectivity index (χ0n) is 11.5. The second-order valence-corrected chi connectivity index (χ2v) is 4.68. The molecule has 1 aliphatic heterocycles. The SMILES string of the molecule is CC=Cc1ccccc1OCC1CCC(C(=O)NN)O1. The molecule has 108 valence electrons. The number of para-hydroxylation sites is 1. The van der Waals surface area contributed by atoms with E-state index in [9.17, 15) is 4.79 Å². The standard InChI is InChI=1S/C15H20N2O3/c1-2-5-11-6-3-4-7-13(11)19-10-12-8-9-14(20-12)15(18)17-16/h2-7,12,14H,8-10,16H2,1H3,(H,17,18). The number of rotatable bonds is 5. The fraction of sp³-hybridized carbons (Fsp3) is 0.400. The first-order chi connectivity index (χ1) is 9.74. The average molecular weight is 276 g/mol. The number of hydrogen-bond acceptors (Lipinski definition) is 4. The topological polar surface area (TPSA) is 73.6 Å². The summed E-state index contributed by atoms with van der Waals surface area (Å²) in [4.78, 5) is 11.4. The molecular weight excluding hydrogens is 256 g/mol. The Hall–Kier alpha value is -1.85. The monoisotopic (exact) mass is 276 g/mol. The predicted octanol–water partition coefficient (Wildman–Crippen LogP) is 1.64. The summed E-state index contributed by atoms with van der Waals surface area (Å²) in [5.74, 6) is 5.64. The van der Waals surface area contributed by atoms with Gasteiger partial charge in [-0.2, -0.15) is 0 Å². The highest BCUT2D eigenvalue weighted by atomic mass is 16.5. The molecule has 1 aliphatic rings. The molecule has 3 N–H and O–H groups in total. The fourth-order valence-corrected chi connectivity index (χ4v) is 2.23. The van der Waals surface area contributed by atoms with Gasteiger partial charge in [0.2, 0.25) is 0 Å². The van der Waals surface area contributed by atoms with Crippen LogP contribution in [0.4, 0.5) is 0 Å². The number of nitrogens with two attached hydrogens (primary N) is 1. The number of ether oxygens (including phenoxy) is 2. The number of hydrazine groups is 1. The number of benzene rings is 1. The van der Waals surface area contributed by atoms with E-state index in [-0.39, 0.29) is 12.0 Å². The Morgan fingerprint density at radius 1 is 1.50 bits per heavy atom. The van der Waals surface area contributed by atoms with Crippen molar-refractivity contribution in [2.45, 2.75) is 32.0 Å². The predicted molar refractivity (Wildman–Crippen MR) is 76.9 cm³/mol. The van der Waals surface area contributed by atoms with Crippen LogP contribution in [-0.4, -0.2) is 24.7 Å². The molecule has 0 saturated carbocycles. The third kappa shape index (κ3) is 3.59. The summed E-state index contributed by atoms with van der Waals surface area (Å²) < 4.78 is 11.4. The highest BCUT2D eigenvalue weighted by molar-refractivity contribution is 5.80. The molecule has 5 heteroatoms. The van der Waals surface area contributed by atoms with E-state index < -0.39 is 6.10 Å². The molecule has 0 radical (unpaired) electrons. The van der Waals surface area contributed by atoms with Crippen molar-refractivity contribution in [3.8, 4) is 5.75 Å². The number of amides is 1. The Kier molecular flexibility index (Phi) is 5.15. The van der Waals surface area contributed by atoms with E-state index in [1.165, 1.54) is 0 Å². The normalized spacial score (nSPS) is 22.1. The molecular formula is C15H20N2O3. The third-order valence-electron chi connectivity index (χ3n) is 3.23. The van der Waals surface area contributed by atoms with Crippen LogP contribution in [0.3, 0.4) is 0 Å².